The molecule has 1 aliphatic rings. The number of nitriles is 1. The van der Waals surface area contributed by atoms with Gasteiger partial charge in [-0.1, -0.05) is 38.1 Å². The van der Waals surface area contributed by atoms with Crippen LogP contribution in [0.5, 0.6) is 5.75 Å². The fourth-order valence-electron chi connectivity index (χ4n) is 2.87. The normalized spacial score (nSPS) is 16.4. The number of allylic oxidation sites excluding steroid dienone is 1. The third kappa shape index (κ3) is 2.90. The van der Waals surface area contributed by atoms with Crippen LogP contribution in [0.4, 0.5) is 0 Å². The predicted molar refractivity (Wildman–Crippen MR) is 90.7 cm³/mol. The third-order valence-corrected chi connectivity index (χ3v) is 4.22. The quantitative estimate of drug-likeness (QED) is 0.890. The van der Waals surface area contributed by atoms with E-state index in [0.717, 1.165) is 17.2 Å². The van der Waals surface area contributed by atoms with E-state index in [-0.39, 0.29) is 28.7 Å². The molecule has 0 bridgehead atoms. The second-order valence-corrected chi connectivity index (χ2v) is 6.17. The number of nitrogens with zero attached hydrogens (tertiary/aromatic N) is 1. The molecular weight excluding hydrogens is 320 g/mol. The van der Waals surface area contributed by atoms with Gasteiger partial charge in [0, 0.05) is 6.07 Å². The van der Waals surface area contributed by atoms with E-state index in [4.69, 9.17) is 14.9 Å². The Labute approximate surface area is 144 Å². The topological polar surface area (TPSA) is 109 Å². The van der Waals surface area contributed by atoms with Crippen LogP contribution in [0.2, 0.25) is 0 Å². The second kappa shape index (κ2) is 6.46. The average molecular weight is 338 g/mol. The van der Waals surface area contributed by atoms with Crippen molar-refractivity contribution < 1.29 is 14.3 Å². The van der Waals surface area contributed by atoms with Crippen LogP contribution in [0.25, 0.3) is 0 Å². The first-order valence-electron chi connectivity index (χ1n) is 7.91. The molecule has 6 heteroatoms. The maximum atomic E-state index is 12.2. The fourth-order valence-corrected chi connectivity index (χ4v) is 2.87. The minimum atomic E-state index is -0.658. The summed E-state index contributed by atoms with van der Waals surface area (Å²) in [5.74, 6) is -0.169. The molecule has 0 saturated heterocycles. The average Bonchev–Trinajstić information content (AvgIpc) is 2.61. The van der Waals surface area contributed by atoms with E-state index in [9.17, 15) is 15.2 Å². The van der Waals surface area contributed by atoms with E-state index in [2.05, 4.69) is 13.8 Å². The maximum absolute atomic E-state index is 12.2. The molecule has 1 aliphatic heterocycles. The molecule has 1 aromatic carbocycles. The molecule has 0 saturated carbocycles. The summed E-state index contributed by atoms with van der Waals surface area (Å²) in [7, 11) is 0. The highest BCUT2D eigenvalue weighted by molar-refractivity contribution is 5.52. The van der Waals surface area contributed by atoms with E-state index >= 15 is 0 Å². The number of nitrogens with two attached hydrogens (primary N) is 1. The zero-order chi connectivity index (χ0) is 18.1. The van der Waals surface area contributed by atoms with Crippen molar-refractivity contribution in [2.75, 3.05) is 0 Å². The lowest BCUT2D eigenvalue weighted by molar-refractivity contribution is 0.231. The molecule has 0 radical (unpaired) electrons. The van der Waals surface area contributed by atoms with Crippen molar-refractivity contribution in [3.63, 3.8) is 0 Å². The highest BCUT2D eigenvalue weighted by Crippen LogP contribution is 2.41. The number of ether oxygens (including phenoxy) is 1. The van der Waals surface area contributed by atoms with E-state index in [1.54, 1.807) is 0 Å². The van der Waals surface area contributed by atoms with Gasteiger partial charge >= 0.3 is 0 Å². The van der Waals surface area contributed by atoms with Gasteiger partial charge in [0.2, 0.25) is 17.1 Å². The van der Waals surface area contributed by atoms with Crippen molar-refractivity contribution >= 4 is 0 Å². The van der Waals surface area contributed by atoms with Gasteiger partial charge in [-0.05, 0) is 17.0 Å². The summed E-state index contributed by atoms with van der Waals surface area (Å²) < 4.78 is 11.0. The Morgan fingerprint density at radius 2 is 2.00 bits per heavy atom. The fraction of sp³-hybridized carbons (Fsp3) is 0.263. The number of rotatable bonds is 3. The number of fused-ring (bicyclic) bond motifs is 1. The summed E-state index contributed by atoms with van der Waals surface area (Å²) >= 11 is 0. The molecule has 25 heavy (non-hydrogen) atoms. The van der Waals surface area contributed by atoms with Crippen LogP contribution in [-0.4, -0.2) is 5.11 Å². The third-order valence-electron chi connectivity index (χ3n) is 4.22. The molecule has 0 spiro atoms. The Kier molecular flexibility index (Phi) is 4.34. The Hall–Kier alpha value is -3.04. The summed E-state index contributed by atoms with van der Waals surface area (Å²) in [6, 6.07) is 10.9. The van der Waals surface area contributed by atoms with Crippen LogP contribution in [-0.2, 0) is 6.61 Å². The number of hydrogen-bond donors (Lipinski definition) is 2. The van der Waals surface area contributed by atoms with Gasteiger partial charge in [-0.3, -0.25) is 4.79 Å². The number of hydrogen-bond acceptors (Lipinski definition) is 6. The molecule has 3 N–H and O–H groups in total. The van der Waals surface area contributed by atoms with Crippen molar-refractivity contribution in [1.29, 1.82) is 5.26 Å². The SMILES string of the molecule is CC(C)c1ccc([C@@H]2C(C#N)=C(N)Oc3c2oc(CO)cc3=O)cc1. The van der Waals surface area contributed by atoms with E-state index < -0.39 is 18.0 Å². The molecule has 0 aliphatic carbocycles. The minimum absolute atomic E-state index is 0.0494. The summed E-state index contributed by atoms with van der Waals surface area (Å²) in [5, 5.41) is 18.8. The highest BCUT2D eigenvalue weighted by Gasteiger charge is 2.35. The largest absolute Gasteiger partial charge is 0.458 e. The molecule has 1 atom stereocenters. The van der Waals surface area contributed by atoms with E-state index in [0.29, 0.717) is 5.92 Å². The first kappa shape index (κ1) is 16.8. The van der Waals surface area contributed by atoms with Crippen LogP contribution >= 0.6 is 0 Å². The molecule has 3 rings (SSSR count). The molecule has 128 valence electrons. The molecule has 0 fully saturated rings. The van der Waals surface area contributed by atoms with Gasteiger partial charge in [-0.15, -0.1) is 0 Å². The Balaban J connectivity index is 2.21. The first-order valence-corrected chi connectivity index (χ1v) is 7.91. The Morgan fingerprint density at radius 3 is 2.56 bits per heavy atom. The first-order chi connectivity index (χ1) is 12.0. The number of aliphatic hydroxyl groups excluding tert-OH is 1. The molecule has 2 aromatic rings. The lowest BCUT2D eigenvalue weighted by Gasteiger charge is -2.25. The highest BCUT2D eigenvalue weighted by atomic mass is 16.5. The monoisotopic (exact) mass is 338 g/mol. The molecule has 2 heterocycles. The molecule has 0 amide bonds. The van der Waals surface area contributed by atoms with Gasteiger partial charge in [0.1, 0.15) is 24.0 Å². The number of aliphatic hydroxyl groups is 1. The van der Waals surface area contributed by atoms with Crippen LogP contribution in [0.15, 0.2) is 51.0 Å². The van der Waals surface area contributed by atoms with Gasteiger partial charge in [-0.25, -0.2) is 0 Å². The van der Waals surface area contributed by atoms with Crippen molar-refractivity contribution in [2.45, 2.75) is 32.3 Å². The van der Waals surface area contributed by atoms with E-state index in [1.165, 1.54) is 0 Å². The number of benzene rings is 1. The summed E-state index contributed by atoms with van der Waals surface area (Å²) in [4.78, 5) is 12.2. The van der Waals surface area contributed by atoms with Crippen LogP contribution < -0.4 is 15.9 Å². The van der Waals surface area contributed by atoms with Crippen LogP contribution in [0, 0.1) is 11.3 Å². The Bertz CT molecular complexity index is 933. The summed E-state index contributed by atoms with van der Waals surface area (Å²) in [5.41, 5.74) is 7.48. The molecule has 1 aromatic heterocycles. The van der Waals surface area contributed by atoms with Crippen LogP contribution in [0.3, 0.4) is 0 Å². The molecular formula is C19H18N2O4. The van der Waals surface area contributed by atoms with Crippen molar-refractivity contribution in [3.8, 4) is 11.8 Å². The molecule has 0 unspecified atom stereocenters. The predicted octanol–water partition coefficient (Wildman–Crippen LogP) is 2.47. The zero-order valence-electron chi connectivity index (χ0n) is 13.9. The van der Waals surface area contributed by atoms with Gasteiger partial charge < -0.3 is 20.0 Å². The smallest absolute Gasteiger partial charge is 0.228 e. The molecule has 6 nitrogen and oxygen atoms in total. The van der Waals surface area contributed by atoms with Crippen molar-refractivity contribution in [1.82, 2.24) is 0 Å². The summed E-state index contributed by atoms with van der Waals surface area (Å²) in [6.07, 6.45) is 0. The minimum Gasteiger partial charge on any atom is -0.458 e. The standard InChI is InChI=1S/C19H18N2O4/c1-10(2)11-3-5-12(6-4-11)16-14(8-20)19(21)25-17-15(23)7-13(9-22)24-18(16)17/h3-7,10,16,22H,9,21H2,1-2H3/t16-/m1/s1. The second-order valence-electron chi connectivity index (χ2n) is 6.17. The maximum Gasteiger partial charge on any atom is 0.228 e. The van der Waals surface area contributed by atoms with Crippen molar-refractivity contribution in [3.05, 3.63) is 74.7 Å². The lowest BCUT2D eigenvalue weighted by atomic mass is 9.86. The summed E-state index contributed by atoms with van der Waals surface area (Å²) in [6.45, 7) is 3.75. The zero-order valence-corrected chi connectivity index (χ0v) is 13.9. The van der Waals surface area contributed by atoms with Gasteiger partial charge in [-0.2, -0.15) is 5.26 Å². The van der Waals surface area contributed by atoms with Gasteiger partial charge in [0.15, 0.2) is 5.76 Å². The van der Waals surface area contributed by atoms with Gasteiger partial charge in [0.25, 0.3) is 0 Å². The lowest BCUT2D eigenvalue weighted by Crippen LogP contribution is -2.25. The van der Waals surface area contributed by atoms with E-state index in [1.807, 2.05) is 30.3 Å². The van der Waals surface area contributed by atoms with Crippen LogP contribution in [0.1, 0.15) is 48.3 Å². The van der Waals surface area contributed by atoms with Crippen molar-refractivity contribution in [2.24, 2.45) is 5.73 Å². The Morgan fingerprint density at radius 1 is 1.32 bits per heavy atom. The van der Waals surface area contributed by atoms with Gasteiger partial charge in [0.05, 0.1) is 5.92 Å².